The van der Waals surface area contributed by atoms with Crippen LogP contribution >= 0.6 is 23.2 Å². The molecule has 2 aromatic rings. The highest BCUT2D eigenvalue weighted by Crippen LogP contribution is 2.25. The van der Waals surface area contributed by atoms with Crippen molar-refractivity contribution in [2.24, 2.45) is 0 Å². The number of nitrogens with zero attached hydrogens (tertiary/aromatic N) is 1. The molecule has 2 N–H and O–H groups in total. The molecule has 128 valence electrons. The summed E-state index contributed by atoms with van der Waals surface area (Å²) < 4.78 is 0. The molecule has 0 aromatic heterocycles. The van der Waals surface area contributed by atoms with Gasteiger partial charge in [-0.3, -0.25) is 4.79 Å². The van der Waals surface area contributed by atoms with Gasteiger partial charge >= 0.3 is 0 Å². The maximum Gasteiger partial charge on any atom is 0.243 e. The van der Waals surface area contributed by atoms with Crippen LogP contribution in [0.15, 0.2) is 42.5 Å². The van der Waals surface area contributed by atoms with Crippen molar-refractivity contribution in [3.8, 4) is 0 Å². The summed E-state index contributed by atoms with van der Waals surface area (Å²) in [4.78, 5) is 14.3. The first kappa shape index (κ1) is 18.4. The molecule has 0 heterocycles. The fourth-order valence-electron chi connectivity index (χ4n) is 2.35. The number of amides is 1. The molecule has 0 fully saturated rings. The third kappa shape index (κ3) is 5.05. The second-order valence-corrected chi connectivity index (χ2v) is 6.09. The molecule has 0 aliphatic heterocycles. The van der Waals surface area contributed by atoms with Crippen molar-refractivity contribution in [3.63, 3.8) is 0 Å². The number of rotatable bonds is 7. The molecule has 6 heteroatoms. The topological polar surface area (TPSA) is 44.4 Å². The predicted molar refractivity (Wildman–Crippen MR) is 104 cm³/mol. The molecule has 4 nitrogen and oxygen atoms in total. The van der Waals surface area contributed by atoms with Crippen molar-refractivity contribution >= 4 is 46.2 Å². The Labute approximate surface area is 152 Å². The molecule has 0 aliphatic rings. The van der Waals surface area contributed by atoms with Crippen molar-refractivity contribution in [3.05, 3.63) is 52.5 Å². The summed E-state index contributed by atoms with van der Waals surface area (Å²) in [7, 11) is 0. The number of anilines is 3. The van der Waals surface area contributed by atoms with E-state index in [1.54, 1.807) is 18.2 Å². The molecule has 2 aromatic carbocycles. The summed E-state index contributed by atoms with van der Waals surface area (Å²) in [5.41, 5.74) is 2.56. The lowest BCUT2D eigenvalue weighted by Crippen LogP contribution is -2.22. The standard InChI is InChI=1S/C18H21Cl2N3O/c1-3-23(4-2)15-8-6-14(7-9-15)21-12-18(24)22-17-11-13(19)5-10-16(17)20/h5-11,21H,3-4,12H2,1-2H3,(H,22,24). The van der Waals surface area contributed by atoms with Gasteiger partial charge in [-0.15, -0.1) is 0 Å². The normalized spacial score (nSPS) is 10.3. The lowest BCUT2D eigenvalue weighted by Gasteiger charge is -2.21. The average Bonchev–Trinajstić information content (AvgIpc) is 2.58. The summed E-state index contributed by atoms with van der Waals surface area (Å²) >= 11 is 11.9. The van der Waals surface area contributed by atoms with Gasteiger partial charge in [-0.2, -0.15) is 0 Å². The molecule has 0 saturated heterocycles. The van der Waals surface area contributed by atoms with Crippen LogP contribution in [0.4, 0.5) is 17.1 Å². The molecule has 1 amide bonds. The van der Waals surface area contributed by atoms with E-state index in [0.29, 0.717) is 15.7 Å². The third-order valence-electron chi connectivity index (χ3n) is 3.65. The number of carbonyl (C=O) groups is 1. The molecule has 0 atom stereocenters. The third-order valence-corrected chi connectivity index (χ3v) is 4.22. The van der Waals surface area contributed by atoms with Crippen LogP contribution in [0.3, 0.4) is 0 Å². The van der Waals surface area contributed by atoms with Gasteiger partial charge in [-0.25, -0.2) is 0 Å². The second-order valence-electron chi connectivity index (χ2n) is 5.25. The number of halogens is 2. The quantitative estimate of drug-likeness (QED) is 0.733. The van der Waals surface area contributed by atoms with Crippen molar-refractivity contribution in [1.82, 2.24) is 0 Å². The maximum absolute atomic E-state index is 12.0. The van der Waals surface area contributed by atoms with E-state index in [-0.39, 0.29) is 12.5 Å². The fourth-order valence-corrected chi connectivity index (χ4v) is 2.69. The van der Waals surface area contributed by atoms with Crippen LogP contribution in [0.5, 0.6) is 0 Å². The Morgan fingerprint density at radius 3 is 2.33 bits per heavy atom. The number of hydrogen-bond donors (Lipinski definition) is 2. The van der Waals surface area contributed by atoms with E-state index in [1.807, 2.05) is 24.3 Å². The van der Waals surface area contributed by atoms with Crippen molar-refractivity contribution in [2.45, 2.75) is 13.8 Å². The Kier molecular flexibility index (Phi) is 6.76. The summed E-state index contributed by atoms with van der Waals surface area (Å²) in [5.74, 6) is -0.188. The molecule has 0 radical (unpaired) electrons. The zero-order valence-corrected chi connectivity index (χ0v) is 15.3. The highest BCUT2D eigenvalue weighted by molar-refractivity contribution is 6.35. The summed E-state index contributed by atoms with van der Waals surface area (Å²) in [5, 5.41) is 6.82. The van der Waals surface area contributed by atoms with E-state index in [0.717, 1.165) is 18.8 Å². The Morgan fingerprint density at radius 2 is 1.71 bits per heavy atom. The summed E-state index contributed by atoms with van der Waals surface area (Å²) in [6.45, 7) is 6.33. The second kappa shape index (κ2) is 8.81. The summed E-state index contributed by atoms with van der Waals surface area (Å²) in [6, 6.07) is 13.0. The van der Waals surface area contributed by atoms with Crippen LogP contribution < -0.4 is 15.5 Å². The molecule has 0 unspecified atom stereocenters. The molecule has 0 bridgehead atoms. The van der Waals surface area contributed by atoms with Gasteiger partial charge in [0.1, 0.15) is 0 Å². The minimum absolute atomic E-state index is 0.146. The number of carbonyl (C=O) groups excluding carboxylic acids is 1. The first-order valence-corrected chi connectivity index (χ1v) is 8.62. The van der Waals surface area contributed by atoms with Crippen LogP contribution in [-0.2, 0) is 4.79 Å². The lowest BCUT2D eigenvalue weighted by atomic mass is 10.2. The van der Waals surface area contributed by atoms with Gasteiger partial charge in [-0.05, 0) is 56.3 Å². The molecule has 0 saturated carbocycles. The van der Waals surface area contributed by atoms with Crippen LogP contribution in [0.25, 0.3) is 0 Å². The molecular formula is C18H21Cl2N3O. The molecular weight excluding hydrogens is 345 g/mol. The maximum atomic E-state index is 12.0. The van der Waals surface area contributed by atoms with E-state index in [1.165, 1.54) is 5.69 Å². The van der Waals surface area contributed by atoms with E-state index in [2.05, 4.69) is 29.4 Å². The van der Waals surface area contributed by atoms with Crippen LogP contribution in [0.1, 0.15) is 13.8 Å². The summed E-state index contributed by atoms with van der Waals surface area (Å²) in [6.07, 6.45) is 0. The van der Waals surface area contributed by atoms with E-state index in [9.17, 15) is 4.79 Å². The molecule has 24 heavy (non-hydrogen) atoms. The van der Waals surface area contributed by atoms with Crippen LogP contribution in [-0.4, -0.2) is 25.5 Å². The van der Waals surface area contributed by atoms with E-state index in [4.69, 9.17) is 23.2 Å². The minimum atomic E-state index is -0.188. The number of hydrogen-bond acceptors (Lipinski definition) is 3. The first-order chi connectivity index (χ1) is 11.5. The Morgan fingerprint density at radius 1 is 1.04 bits per heavy atom. The Hall–Kier alpha value is -1.91. The van der Waals surface area contributed by atoms with Gasteiger partial charge in [0.2, 0.25) is 5.91 Å². The first-order valence-electron chi connectivity index (χ1n) is 7.87. The SMILES string of the molecule is CCN(CC)c1ccc(NCC(=O)Nc2cc(Cl)ccc2Cl)cc1. The van der Waals surface area contributed by atoms with Gasteiger partial charge in [0.05, 0.1) is 17.3 Å². The lowest BCUT2D eigenvalue weighted by molar-refractivity contribution is -0.114. The van der Waals surface area contributed by atoms with Crippen LogP contribution in [0, 0.1) is 0 Å². The Bertz CT molecular complexity index is 685. The van der Waals surface area contributed by atoms with Gasteiger partial charge in [0.25, 0.3) is 0 Å². The minimum Gasteiger partial charge on any atom is -0.376 e. The monoisotopic (exact) mass is 365 g/mol. The highest BCUT2D eigenvalue weighted by atomic mass is 35.5. The van der Waals surface area contributed by atoms with E-state index >= 15 is 0 Å². The smallest absolute Gasteiger partial charge is 0.243 e. The van der Waals surface area contributed by atoms with Gasteiger partial charge in [0, 0.05) is 29.5 Å². The zero-order chi connectivity index (χ0) is 17.5. The zero-order valence-electron chi connectivity index (χ0n) is 13.8. The molecule has 0 aliphatic carbocycles. The average molecular weight is 366 g/mol. The van der Waals surface area contributed by atoms with E-state index < -0.39 is 0 Å². The molecule has 0 spiro atoms. The van der Waals surface area contributed by atoms with Gasteiger partial charge < -0.3 is 15.5 Å². The highest BCUT2D eigenvalue weighted by Gasteiger charge is 2.07. The largest absolute Gasteiger partial charge is 0.376 e. The van der Waals surface area contributed by atoms with Crippen molar-refractivity contribution < 1.29 is 4.79 Å². The van der Waals surface area contributed by atoms with Crippen molar-refractivity contribution in [2.75, 3.05) is 35.2 Å². The predicted octanol–water partition coefficient (Wildman–Crippen LogP) is 4.89. The van der Waals surface area contributed by atoms with Gasteiger partial charge in [0.15, 0.2) is 0 Å². The fraction of sp³-hybridized carbons (Fsp3) is 0.278. The number of nitrogens with one attached hydrogen (secondary N) is 2. The number of benzene rings is 2. The van der Waals surface area contributed by atoms with Gasteiger partial charge in [-0.1, -0.05) is 23.2 Å². The molecule has 2 rings (SSSR count). The Balaban J connectivity index is 1.91. The van der Waals surface area contributed by atoms with Crippen LogP contribution in [0.2, 0.25) is 10.0 Å². The van der Waals surface area contributed by atoms with Crippen molar-refractivity contribution in [1.29, 1.82) is 0 Å².